The number of halogens is 2. The Morgan fingerprint density at radius 1 is 0.889 bits per heavy atom. The number of hydrogen-bond acceptors (Lipinski definition) is 4. The molecule has 0 heterocycles. The van der Waals surface area contributed by atoms with Crippen molar-refractivity contribution in [2.24, 2.45) is 0 Å². The minimum atomic E-state index is -1.31. The Bertz CT molecular complexity index is 1130. The lowest BCUT2D eigenvalue weighted by molar-refractivity contribution is 0.122. The maximum Gasteiger partial charge on any atom is 0.134 e. The van der Waals surface area contributed by atoms with Gasteiger partial charge < -0.3 is 20.4 Å². The quantitative estimate of drug-likeness (QED) is 0.455. The van der Waals surface area contributed by atoms with Gasteiger partial charge in [-0.05, 0) is 59.4 Å². The van der Waals surface area contributed by atoms with Crippen molar-refractivity contribution in [3.05, 3.63) is 63.1 Å². The van der Waals surface area contributed by atoms with Crippen molar-refractivity contribution in [1.82, 2.24) is 0 Å². The third-order valence-electron chi connectivity index (χ3n) is 5.00. The van der Waals surface area contributed by atoms with E-state index in [1.54, 1.807) is 31.2 Å². The molecule has 27 heavy (non-hydrogen) atoms. The number of phenolic OH excluding ortho intramolecular Hbond substituents is 3. The number of hydrogen-bond donors (Lipinski definition) is 4. The van der Waals surface area contributed by atoms with E-state index in [1.165, 1.54) is 18.2 Å². The van der Waals surface area contributed by atoms with E-state index >= 15 is 0 Å². The molecule has 0 amide bonds. The van der Waals surface area contributed by atoms with Crippen molar-refractivity contribution >= 4 is 45.6 Å². The first kappa shape index (κ1) is 18.0. The monoisotopic (exact) mass is 402 g/mol. The second-order valence-corrected chi connectivity index (χ2v) is 7.72. The first-order chi connectivity index (χ1) is 12.7. The van der Waals surface area contributed by atoms with Crippen molar-refractivity contribution in [3.8, 4) is 17.2 Å². The predicted molar refractivity (Wildman–Crippen MR) is 108 cm³/mol. The van der Waals surface area contributed by atoms with Crippen LogP contribution in [0.25, 0.3) is 22.4 Å². The third-order valence-corrected chi connectivity index (χ3v) is 5.82. The van der Waals surface area contributed by atoms with Crippen LogP contribution in [0, 0.1) is 0 Å². The van der Waals surface area contributed by atoms with Gasteiger partial charge in [0.05, 0.1) is 15.6 Å². The summed E-state index contributed by atoms with van der Waals surface area (Å²) in [6.45, 7) is 1.63. The number of aromatic hydroxyl groups is 3. The van der Waals surface area contributed by atoms with Gasteiger partial charge in [-0.2, -0.15) is 0 Å². The summed E-state index contributed by atoms with van der Waals surface area (Å²) in [5, 5.41) is 42.9. The van der Waals surface area contributed by atoms with Crippen LogP contribution in [0.2, 0.25) is 10.0 Å². The van der Waals surface area contributed by atoms with Crippen LogP contribution in [0.4, 0.5) is 0 Å². The van der Waals surface area contributed by atoms with E-state index in [0.717, 1.165) is 10.9 Å². The number of phenols is 3. The predicted octanol–water partition coefficient (Wildman–Crippen LogP) is 5.11. The molecular formula is C21H16Cl2O4. The second-order valence-electron chi connectivity index (χ2n) is 6.96. The smallest absolute Gasteiger partial charge is 0.134 e. The Balaban J connectivity index is 1.96. The summed E-state index contributed by atoms with van der Waals surface area (Å²) < 4.78 is 0. The van der Waals surface area contributed by atoms with Crippen LogP contribution >= 0.6 is 23.2 Å². The Morgan fingerprint density at radius 2 is 1.56 bits per heavy atom. The molecule has 0 bridgehead atoms. The zero-order valence-corrected chi connectivity index (χ0v) is 15.8. The van der Waals surface area contributed by atoms with Gasteiger partial charge in [-0.1, -0.05) is 35.3 Å². The maximum absolute atomic E-state index is 11.1. The fourth-order valence-corrected chi connectivity index (χ4v) is 4.05. The maximum atomic E-state index is 11.1. The van der Waals surface area contributed by atoms with Crippen LogP contribution in [0.15, 0.2) is 36.4 Å². The van der Waals surface area contributed by atoms with E-state index in [9.17, 15) is 20.4 Å². The molecule has 0 fully saturated rings. The SMILES string of the molecule is CC1(O)Cc2c(ccc(O)c2Cl)C=C1c1cc2ccc(O)c(Cl)c2cc1O. The van der Waals surface area contributed by atoms with Gasteiger partial charge in [-0.15, -0.1) is 0 Å². The van der Waals surface area contributed by atoms with Gasteiger partial charge in [0.1, 0.15) is 17.2 Å². The molecule has 0 aliphatic heterocycles. The van der Waals surface area contributed by atoms with Crippen molar-refractivity contribution in [3.63, 3.8) is 0 Å². The van der Waals surface area contributed by atoms with Crippen LogP contribution in [0.1, 0.15) is 23.6 Å². The van der Waals surface area contributed by atoms with Crippen molar-refractivity contribution < 1.29 is 20.4 Å². The summed E-state index contributed by atoms with van der Waals surface area (Å²) >= 11 is 12.3. The number of aliphatic hydroxyl groups is 1. The van der Waals surface area contributed by atoms with Crippen LogP contribution in [-0.4, -0.2) is 26.0 Å². The lowest BCUT2D eigenvalue weighted by Gasteiger charge is -2.33. The van der Waals surface area contributed by atoms with Gasteiger partial charge in [-0.3, -0.25) is 0 Å². The fraction of sp³-hybridized carbons (Fsp3) is 0.143. The van der Waals surface area contributed by atoms with E-state index in [4.69, 9.17) is 23.2 Å². The van der Waals surface area contributed by atoms with Gasteiger partial charge in [0.25, 0.3) is 0 Å². The van der Waals surface area contributed by atoms with Crippen LogP contribution in [0.3, 0.4) is 0 Å². The number of fused-ring (bicyclic) bond motifs is 2. The standard InChI is InChI=1S/C21H16Cl2O4/c1-21(27)9-14-11(3-5-17(25)20(14)23)7-15(21)13-6-10-2-4-16(24)19(22)12(10)8-18(13)26/h2-8,24-27H,9H2,1H3. The molecule has 4 N–H and O–H groups in total. The summed E-state index contributed by atoms with van der Waals surface area (Å²) in [4.78, 5) is 0. The zero-order chi connectivity index (χ0) is 19.5. The lowest BCUT2D eigenvalue weighted by atomic mass is 9.77. The van der Waals surface area contributed by atoms with Gasteiger partial charge in [-0.25, -0.2) is 0 Å². The molecule has 1 unspecified atom stereocenters. The van der Waals surface area contributed by atoms with E-state index in [-0.39, 0.29) is 33.7 Å². The minimum absolute atomic E-state index is 0.0360. The Kier molecular flexibility index (Phi) is 4.04. The Labute approximate surface area is 165 Å². The molecule has 0 spiro atoms. The van der Waals surface area contributed by atoms with E-state index in [2.05, 4.69) is 0 Å². The molecule has 1 atom stereocenters. The molecule has 1 aliphatic carbocycles. The molecule has 0 saturated carbocycles. The summed E-state index contributed by atoms with van der Waals surface area (Å²) in [5.74, 6) is -0.163. The number of benzene rings is 3. The molecule has 0 radical (unpaired) electrons. The van der Waals surface area contributed by atoms with Crippen LogP contribution < -0.4 is 0 Å². The highest BCUT2D eigenvalue weighted by atomic mass is 35.5. The number of rotatable bonds is 1. The molecule has 6 heteroatoms. The molecule has 4 rings (SSSR count). The first-order valence-electron chi connectivity index (χ1n) is 8.28. The van der Waals surface area contributed by atoms with Crippen molar-refractivity contribution in [2.75, 3.05) is 0 Å². The van der Waals surface area contributed by atoms with Gasteiger partial charge in [0, 0.05) is 17.4 Å². The minimum Gasteiger partial charge on any atom is -0.507 e. The highest BCUT2D eigenvalue weighted by Crippen LogP contribution is 2.46. The molecule has 3 aromatic carbocycles. The third kappa shape index (κ3) is 2.81. The summed E-state index contributed by atoms with van der Waals surface area (Å²) in [5.41, 5.74) is 1.10. The molecule has 3 aromatic rings. The van der Waals surface area contributed by atoms with Crippen molar-refractivity contribution in [2.45, 2.75) is 18.9 Å². The average Bonchev–Trinajstić information content (AvgIpc) is 2.61. The zero-order valence-electron chi connectivity index (χ0n) is 14.3. The van der Waals surface area contributed by atoms with E-state index < -0.39 is 5.60 Å². The molecule has 0 saturated heterocycles. The molecule has 1 aliphatic rings. The van der Waals surface area contributed by atoms with Gasteiger partial charge in [0.2, 0.25) is 0 Å². The molecule has 0 aromatic heterocycles. The highest BCUT2D eigenvalue weighted by molar-refractivity contribution is 6.37. The molecule has 4 nitrogen and oxygen atoms in total. The Hall–Kier alpha value is -2.40. The largest absolute Gasteiger partial charge is 0.507 e. The highest BCUT2D eigenvalue weighted by Gasteiger charge is 2.34. The average molecular weight is 403 g/mol. The first-order valence-corrected chi connectivity index (χ1v) is 9.04. The van der Waals surface area contributed by atoms with E-state index in [0.29, 0.717) is 22.1 Å². The van der Waals surface area contributed by atoms with Crippen LogP contribution in [0.5, 0.6) is 17.2 Å². The van der Waals surface area contributed by atoms with Gasteiger partial charge in [0.15, 0.2) is 0 Å². The second kappa shape index (κ2) is 6.06. The van der Waals surface area contributed by atoms with Gasteiger partial charge >= 0.3 is 0 Å². The van der Waals surface area contributed by atoms with E-state index in [1.807, 2.05) is 0 Å². The normalized spacial score (nSPS) is 19.0. The summed E-state index contributed by atoms with van der Waals surface area (Å²) in [6, 6.07) is 9.60. The summed E-state index contributed by atoms with van der Waals surface area (Å²) in [6.07, 6.45) is 1.95. The Morgan fingerprint density at radius 3 is 2.30 bits per heavy atom. The van der Waals surface area contributed by atoms with Crippen molar-refractivity contribution in [1.29, 1.82) is 0 Å². The van der Waals surface area contributed by atoms with Crippen LogP contribution in [-0.2, 0) is 6.42 Å². The molecular weight excluding hydrogens is 387 g/mol. The topological polar surface area (TPSA) is 80.9 Å². The summed E-state index contributed by atoms with van der Waals surface area (Å²) in [7, 11) is 0. The molecule has 138 valence electrons. The lowest BCUT2D eigenvalue weighted by Crippen LogP contribution is -2.31. The fourth-order valence-electron chi connectivity index (χ4n) is 3.59.